The normalized spacial score (nSPS) is 18.7. The van der Waals surface area contributed by atoms with Gasteiger partial charge in [-0.25, -0.2) is 4.98 Å². The quantitative estimate of drug-likeness (QED) is 0.784. The maximum Gasteiger partial charge on any atom is 0.195 e. The molecule has 2 heterocycles. The van der Waals surface area contributed by atoms with Gasteiger partial charge in [-0.05, 0) is 7.05 Å². The summed E-state index contributed by atoms with van der Waals surface area (Å²) < 4.78 is 5.37. The summed E-state index contributed by atoms with van der Waals surface area (Å²) in [5.41, 5.74) is 0.848. The average Bonchev–Trinajstić information content (AvgIpc) is 2.77. The molecular weight excluding hydrogens is 218 g/mol. The monoisotopic (exact) mass is 239 g/mol. The van der Waals surface area contributed by atoms with Gasteiger partial charge in [-0.3, -0.25) is 0 Å². The highest BCUT2D eigenvalue weighted by atomic mass is 16.3. The highest BCUT2D eigenvalue weighted by Gasteiger charge is 2.14. The molecule has 0 aliphatic carbocycles. The van der Waals surface area contributed by atoms with E-state index in [1.54, 1.807) is 6.26 Å². The summed E-state index contributed by atoms with van der Waals surface area (Å²) in [4.78, 5) is 9.12. The van der Waals surface area contributed by atoms with E-state index in [1.165, 1.54) is 0 Å². The Morgan fingerprint density at radius 3 is 2.76 bits per heavy atom. The van der Waals surface area contributed by atoms with Gasteiger partial charge < -0.3 is 19.3 Å². The number of hydrogen-bond donors (Lipinski definition) is 1. The van der Waals surface area contributed by atoms with Crippen LogP contribution in [0.2, 0.25) is 0 Å². The van der Waals surface area contributed by atoms with Crippen molar-refractivity contribution in [3.8, 4) is 0 Å². The van der Waals surface area contributed by atoms with Gasteiger partial charge in [-0.2, -0.15) is 0 Å². The van der Waals surface area contributed by atoms with Gasteiger partial charge in [0, 0.05) is 52.2 Å². The highest BCUT2D eigenvalue weighted by molar-refractivity contribution is 4.97. The standard InChI is InChI=1S/C12H21N3O2/c1-14-5-7-15(8-6-14)4-2-12-13-11(3-9-16)10-17-12/h10,16H,2-9H2,1H3. The number of nitrogens with zero attached hydrogens (tertiary/aromatic N) is 3. The summed E-state index contributed by atoms with van der Waals surface area (Å²) in [5, 5.41) is 8.79. The Morgan fingerprint density at radius 2 is 2.06 bits per heavy atom. The van der Waals surface area contributed by atoms with Crippen LogP contribution in [-0.2, 0) is 12.8 Å². The lowest BCUT2D eigenvalue weighted by molar-refractivity contribution is 0.153. The zero-order chi connectivity index (χ0) is 12.1. The molecule has 0 atom stereocenters. The lowest BCUT2D eigenvalue weighted by atomic mass is 10.3. The van der Waals surface area contributed by atoms with Crippen molar-refractivity contribution >= 4 is 0 Å². The van der Waals surface area contributed by atoms with Crippen molar-refractivity contribution in [3.63, 3.8) is 0 Å². The van der Waals surface area contributed by atoms with Gasteiger partial charge in [-0.1, -0.05) is 0 Å². The van der Waals surface area contributed by atoms with Crippen LogP contribution in [0.15, 0.2) is 10.7 Å². The first-order valence-electron chi connectivity index (χ1n) is 6.23. The van der Waals surface area contributed by atoms with Gasteiger partial charge in [0.1, 0.15) is 6.26 Å². The molecule has 0 aromatic carbocycles. The molecule has 0 amide bonds. The van der Waals surface area contributed by atoms with E-state index in [4.69, 9.17) is 9.52 Å². The molecule has 5 nitrogen and oxygen atoms in total. The molecule has 0 unspecified atom stereocenters. The molecule has 1 N–H and O–H groups in total. The summed E-state index contributed by atoms with van der Waals surface area (Å²) in [6.45, 7) is 5.67. The summed E-state index contributed by atoms with van der Waals surface area (Å²) in [6.07, 6.45) is 3.09. The third-order valence-electron chi connectivity index (χ3n) is 3.21. The maximum absolute atomic E-state index is 8.79. The van der Waals surface area contributed by atoms with Crippen LogP contribution in [0.5, 0.6) is 0 Å². The minimum atomic E-state index is 0.129. The summed E-state index contributed by atoms with van der Waals surface area (Å²) in [5.74, 6) is 0.785. The Kier molecular flexibility index (Phi) is 4.53. The largest absolute Gasteiger partial charge is 0.449 e. The van der Waals surface area contributed by atoms with E-state index in [0.717, 1.165) is 50.7 Å². The van der Waals surface area contributed by atoms with Crippen molar-refractivity contribution in [1.29, 1.82) is 0 Å². The van der Waals surface area contributed by atoms with Gasteiger partial charge in [0.05, 0.1) is 5.69 Å². The van der Waals surface area contributed by atoms with Crippen LogP contribution in [0.4, 0.5) is 0 Å². The van der Waals surface area contributed by atoms with Crippen LogP contribution >= 0.6 is 0 Å². The third kappa shape index (κ3) is 3.80. The van der Waals surface area contributed by atoms with Gasteiger partial charge in [0.2, 0.25) is 0 Å². The average molecular weight is 239 g/mol. The van der Waals surface area contributed by atoms with E-state index in [9.17, 15) is 0 Å². The number of aliphatic hydroxyl groups is 1. The Balaban J connectivity index is 1.73. The summed E-state index contributed by atoms with van der Waals surface area (Å²) in [6, 6.07) is 0. The minimum Gasteiger partial charge on any atom is -0.449 e. The van der Waals surface area contributed by atoms with E-state index in [-0.39, 0.29) is 6.61 Å². The smallest absolute Gasteiger partial charge is 0.195 e. The van der Waals surface area contributed by atoms with E-state index in [1.807, 2.05) is 0 Å². The van der Waals surface area contributed by atoms with E-state index >= 15 is 0 Å². The van der Waals surface area contributed by atoms with Crippen molar-refractivity contribution in [1.82, 2.24) is 14.8 Å². The molecule has 96 valence electrons. The second kappa shape index (κ2) is 6.14. The molecule has 0 spiro atoms. The van der Waals surface area contributed by atoms with E-state index in [0.29, 0.717) is 6.42 Å². The Morgan fingerprint density at radius 1 is 1.29 bits per heavy atom. The Bertz CT molecular complexity index is 332. The summed E-state index contributed by atoms with van der Waals surface area (Å²) in [7, 11) is 2.16. The fraction of sp³-hybridized carbons (Fsp3) is 0.750. The molecule has 1 aromatic heterocycles. The molecular formula is C12H21N3O2. The van der Waals surface area contributed by atoms with Gasteiger partial charge in [0.15, 0.2) is 5.89 Å². The van der Waals surface area contributed by atoms with Crippen molar-refractivity contribution in [2.24, 2.45) is 0 Å². The number of hydrogen-bond acceptors (Lipinski definition) is 5. The maximum atomic E-state index is 8.79. The number of aromatic nitrogens is 1. The second-order valence-corrected chi connectivity index (χ2v) is 4.60. The summed E-state index contributed by atoms with van der Waals surface area (Å²) >= 11 is 0. The fourth-order valence-corrected chi connectivity index (χ4v) is 2.02. The number of oxazole rings is 1. The molecule has 1 aromatic rings. The van der Waals surface area contributed by atoms with Crippen LogP contribution < -0.4 is 0 Å². The molecule has 0 saturated carbocycles. The van der Waals surface area contributed by atoms with Crippen molar-refractivity contribution in [2.45, 2.75) is 12.8 Å². The zero-order valence-corrected chi connectivity index (χ0v) is 10.4. The molecule has 5 heteroatoms. The van der Waals surface area contributed by atoms with Gasteiger partial charge in [0.25, 0.3) is 0 Å². The molecule has 17 heavy (non-hydrogen) atoms. The van der Waals surface area contributed by atoms with Crippen LogP contribution in [-0.4, -0.2) is 66.3 Å². The van der Waals surface area contributed by atoms with E-state index < -0.39 is 0 Å². The molecule has 0 radical (unpaired) electrons. The molecule has 1 saturated heterocycles. The highest BCUT2D eigenvalue weighted by Crippen LogP contribution is 2.06. The number of piperazine rings is 1. The first-order chi connectivity index (χ1) is 8.28. The fourth-order valence-electron chi connectivity index (χ4n) is 2.02. The second-order valence-electron chi connectivity index (χ2n) is 4.60. The number of rotatable bonds is 5. The molecule has 0 bridgehead atoms. The Hall–Kier alpha value is -0.910. The van der Waals surface area contributed by atoms with E-state index in [2.05, 4.69) is 21.8 Å². The lowest BCUT2D eigenvalue weighted by Gasteiger charge is -2.31. The van der Waals surface area contributed by atoms with Gasteiger partial charge in [-0.15, -0.1) is 0 Å². The van der Waals surface area contributed by atoms with Crippen molar-refractivity contribution < 1.29 is 9.52 Å². The molecule has 1 fully saturated rings. The first kappa shape index (κ1) is 12.5. The number of aliphatic hydroxyl groups excluding tert-OH is 1. The first-order valence-corrected chi connectivity index (χ1v) is 6.23. The van der Waals surface area contributed by atoms with Crippen LogP contribution in [0.1, 0.15) is 11.6 Å². The van der Waals surface area contributed by atoms with Crippen LogP contribution in [0, 0.1) is 0 Å². The minimum absolute atomic E-state index is 0.129. The predicted octanol–water partition coefficient (Wildman–Crippen LogP) is -0.000700. The van der Waals surface area contributed by atoms with Crippen molar-refractivity contribution in [3.05, 3.63) is 17.8 Å². The molecule has 1 aliphatic rings. The predicted molar refractivity (Wildman–Crippen MR) is 64.9 cm³/mol. The topological polar surface area (TPSA) is 52.7 Å². The SMILES string of the molecule is CN1CCN(CCc2nc(CCO)co2)CC1. The number of likely N-dealkylation sites (N-methyl/N-ethyl adjacent to an activating group) is 1. The van der Waals surface area contributed by atoms with Gasteiger partial charge >= 0.3 is 0 Å². The third-order valence-corrected chi connectivity index (χ3v) is 3.21. The van der Waals surface area contributed by atoms with Crippen LogP contribution in [0.3, 0.4) is 0 Å². The molecule has 1 aliphatic heterocycles. The van der Waals surface area contributed by atoms with Crippen LogP contribution in [0.25, 0.3) is 0 Å². The zero-order valence-electron chi connectivity index (χ0n) is 10.4. The molecule has 2 rings (SSSR count). The Labute approximate surface area is 102 Å². The lowest BCUT2D eigenvalue weighted by Crippen LogP contribution is -2.45. The van der Waals surface area contributed by atoms with Crippen molar-refractivity contribution in [2.75, 3.05) is 46.4 Å².